The molecule has 3 N–H and O–H groups in total. The van der Waals surface area contributed by atoms with Gasteiger partial charge in [-0.2, -0.15) is 13.2 Å². The third-order valence-corrected chi connectivity index (χ3v) is 3.24. The summed E-state index contributed by atoms with van der Waals surface area (Å²) in [5.41, 5.74) is -0.947. The Morgan fingerprint density at radius 3 is 2.50 bits per heavy atom. The first-order valence-electron chi connectivity index (χ1n) is 7.15. The second-order valence-electron chi connectivity index (χ2n) is 4.93. The molecule has 0 atom stereocenters. The van der Waals surface area contributed by atoms with E-state index in [1.807, 2.05) is 0 Å². The molecule has 0 bridgehead atoms. The van der Waals surface area contributed by atoms with E-state index in [-0.39, 0.29) is 36.1 Å². The lowest BCUT2D eigenvalue weighted by molar-refractivity contribution is -0.138. The Morgan fingerprint density at radius 1 is 1.21 bits per heavy atom. The highest BCUT2D eigenvalue weighted by Crippen LogP contribution is 2.32. The van der Waals surface area contributed by atoms with Crippen LogP contribution in [0.15, 0.2) is 12.3 Å². The van der Waals surface area contributed by atoms with E-state index in [1.54, 1.807) is 0 Å². The molecular weight excluding hydrogens is 351 g/mol. The molecule has 0 aliphatic rings. The van der Waals surface area contributed by atoms with Crippen molar-refractivity contribution in [3.8, 4) is 0 Å². The topological polar surface area (TPSA) is 91.3 Å². The van der Waals surface area contributed by atoms with Crippen LogP contribution in [0.1, 0.15) is 31.2 Å². The number of hydrogen-bond donors (Lipinski definition) is 3. The molecule has 0 unspecified atom stereocenters. The first-order chi connectivity index (χ1) is 11.2. The van der Waals surface area contributed by atoms with E-state index in [0.717, 1.165) is 6.07 Å². The molecule has 0 aliphatic heterocycles. The molecule has 0 aliphatic carbocycles. The summed E-state index contributed by atoms with van der Waals surface area (Å²) in [5.74, 6) is -1.08. The van der Waals surface area contributed by atoms with Gasteiger partial charge in [-0.25, -0.2) is 4.98 Å². The maximum Gasteiger partial charge on any atom is 0.417 e. The minimum Gasteiger partial charge on any atom is -0.481 e. The number of aromatic nitrogens is 1. The first-order valence-corrected chi connectivity index (χ1v) is 7.53. The number of nitrogens with zero attached hydrogens (tertiary/aromatic N) is 1. The lowest BCUT2D eigenvalue weighted by atomic mass is 10.2. The number of hydrogen-bond acceptors (Lipinski definition) is 4. The van der Waals surface area contributed by atoms with Gasteiger partial charge in [-0.15, -0.1) is 0 Å². The van der Waals surface area contributed by atoms with Gasteiger partial charge in [0.05, 0.1) is 10.6 Å². The monoisotopic (exact) mass is 367 g/mol. The fourth-order valence-electron chi connectivity index (χ4n) is 1.73. The quantitative estimate of drug-likeness (QED) is 0.584. The van der Waals surface area contributed by atoms with Crippen LogP contribution in [0.4, 0.5) is 19.0 Å². The Kier molecular flexibility index (Phi) is 7.76. The summed E-state index contributed by atoms with van der Waals surface area (Å²) >= 11 is 5.72. The Labute approximate surface area is 141 Å². The number of carbonyl (C=O) groups is 2. The summed E-state index contributed by atoms with van der Waals surface area (Å²) in [5, 5.41) is 13.6. The third kappa shape index (κ3) is 7.49. The fraction of sp³-hybridized carbons (Fsp3) is 0.500. The summed E-state index contributed by atoms with van der Waals surface area (Å²) in [6, 6.07) is 0.763. The minimum absolute atomic E-state index is 0.0511. The largest absolute Gasteiger partial charge is 0.481 e. The van der Waals surface area contributed by atoms with Gasteiger partial charge in [0.25, 0.3) is 0 Å². The van der Waals surface area contributed by atoms with Crippen molar-refractivity contribution in [3.63, 3.8) is 0 Å². The van der Waals surface area contributed by atoms with Crippen LogP contribution in [-0.4, -0.2) is 35.1 Å². The maximum atomic E-state index is 12.5. The average molecular weight is 368 g/mol. The Morgan fingerprint density at radius 2 is 1.92 bits per heavy atom. The SMILES string of the molecule is O=C(O)CCCCNC(=O)CCNc1ncc(C(F)(F)F)cc1Cl. The lowest BCUT2D eigenvalue weighted by Crippen LogP contribution is -2.26. The highest BCUT2D eigenvalue weighted by Gasteiger charge is 2.31. The molecule has 1 aromatic rings. The number of anilines is 1. The van der Waals surface area contributed by atoms with Crippen LogP contribution in [0, 0.1) is 0 Å². The Hall–Kier alpha value is -2.03. The molecule has 1 aromatic heterocycles. The van der Waals surface area contributed by atoms with Gasteiger partial charge in [0.1, 0.15) is 5.82 Å². The van der Waals surface area contributed by atoms with E-state index in [4.69, 9.17) is 16.7 Å². The zero-order chi connectivity index (χ0) is 18.2. The van der Waals surface area contributed by atoms with Crippen LogP contribution >= 0.6 is 11.6 Å². The number of unbranched alkanes of at least 4 members (excludes halogenated alkanes) is 1. The second-order valence-corrected chi connectivity index (χ2v) is 5.34. The number of nitrogens with one attached hydrogen (secondary N) is 2. The molecule has 1 amide bonds. The second kappa shape index (κ2) is 9.31. The van der Waals surface area contributed by atoms with E-state index in [0.29, 0.717) is 25.6 Å². The van der Waals surface area contributed by atoms with Crippen molar-refractivity contribution in [1.29, 1.82) is 0 Å². The molecule has 1 heterocycles. The summed E-state index contributed by atoms with van der Waals surface area (Å²) < 4.78 is 37.4. The number of amides is 1. The zero-order valence-corrected chi connectivity index (χ0v) is 13.4. The predicted molar refractivity (Wildman–Crippen MR) is 81.9 cm³/mol. The molecule has 6 nitrogen and oxygen atoms in total. The van der Waals surface area contributed by atoms with Gasteiger partial charge in [0.15, 0.2) is 0 Å². The fourth-order valence-corrected chi connectivity index (χ4v) is 1.97. The van der Waals surface area contributed by atoms with Crippen LogP contribution in [0.2, 0.25) is 5.02 Å². The van der Waals surface area contributed by atoms with Gasteiger partial charge in [0.2, 0.25) is 5.91 Å². The van der Waals surface area contributed by atoms with Crippen molar-refractivity contribution in [2.75, 3.05) is 18.4 Å². The minimum atomic E-state index is -4.52. The van der Waals surface area contributed by atoms with Crippen molar-refractivity contribution in [3.05, 3.63) is 22.8 Å². The Balaban J connectivity index is 2.29. The number of carboxylic acid groups (broad SMARTS) is 1. The maximum absolute atomic E-state index is 12.5. The van der Waals surface area contributed by atoms with Gasteiger partial charge in [-0.1, -0.05) is 11.6 Å². The van der Waals surface area contributed by atoms with Gasteiger partial charge >= 0.3 is 12.1 Å². The number of pyridine rings is 1. The van der Waals surface area contributed by atoms with Crippen LogP contribution in [0.3, 0.4) is 0 Å². The van der Waals surface area contributed by atoms with E-state index in [1.165, 1.54) is 0 Å². The van der Waals surface area contributed by atoms with Gasteiger partial charge < -0.3 is 15.7 Å². The van der Waals surface area contributed by atoms with Gasteiger partial charge in [-0.05, 0) is 18.9 Å². The molecule has 24 heavy (non-hydrogen) atoms. The van der Waals surface area contributed by atoms with Gasteiger partial charge in [-0.3, -0.25) is 9.59 Å². The predicted octanol–water partition coefficient (Wildman–Crippen LogP) is 2.93. The van der Waals surface area contributed by atoms with E-state index < -0.39 is 17.7 Å². The van der Waals surface area contributed by atoms with E-state index in [9.17, 15) is 22.8 Å². The zero-order valence-electron chi connectivity index (χ0n) is 12.6. The molecule has 10 heteroatoms. The number of rotatable bonds is 9. The summed E-state index contributed by atoms with van der Waals surface area (Å²) in [7, 11) is 0. The van der Waals surface area contributed by atoms with Crippen molar-refractivity contribution >= 4 is 29.3 Å². The van der Waals surface area contributed by atoms with E-state index in [2.05, 4.69) is 15.6 Å². The summed E-state index contributed by atoms with van der Waals surface area (Å²) in [6.07, 6.45) is -2.70. The first kappa shape index (κ1) is 20.0. The number of carboxylic acids is 1. The Bertz CT molecular complexity index is 582. The molecule has 0 saturated heterocycles. The van der Waals surface area contributed by atoms with Crippen LogP contribution in [-0.2, 0) is 15.8 Å². The number of carbonyl (C=O) groups excluding carboxylic acids is 1. The third-order valence-electron chi connectivity index (χ3n) is 2.95. The molecular formula is C14H17ClF3N3O3. The van der Waals surface area contributed by atoms with Crippen molar-refractivity contribution in [2.45, 2.75) is 31.9 Å². The molecule has 134 valence electrons. The van der Waals surface area contributed by atoms with Crippen molar-refractivity contribution in [2.24, 2.45) is 0 Å². The van der Waals surface area contributed by atoms with E-state index >= 15 is 0 Å². The molecule has 1 rings (SSSR count). The highest BCUT2D eigenvalue weighted by atomic mass is 35.5. The number of alkyl halides is 3. The smallest absolute Gasteiger partial charge is 0.417 e. The number of aliphatic carboxylic acids is 1. The highest BCUT2D eigenvalue weighted by molar-refractivity contribution is 6.32. The van der Waals surface area contributed by atoms with Crippen molar-refractivity contribution in [1.82, 2.24) is 10.3 Å². The normalized spacial score (nSPS) is 11.2. The molecule has 0 spiro atoms. The molecule has 0 saturated carbocycles. The van der Waals surface area contributed by atoms with Crippen LogP contribution < -0.4 is 10.6 Å². The van der Waals surface area contributed by atoms with Crippen LogP contribution in [0.25, 0.3) is 0 Å². The van der Waals surface area contributed by atoms with Crippen molar-refractivity contribution < 1.29 is 27.9 Å². The molecule has 0 fully saturated rings. The summed E-state index contributed by atoms with van der Waals surface area (Å²) in [6.45, 7) is 0.518. The standard InChI is InChI=1S/C14H17ClF3N3O3/c15-10-7-9(14(16,17)18)8-21-13(10)20-6-4-11(22)19-5-2-1-3-12(23)24/h7-8H,1-6H2,(H,19,22)(H,20,21)(H,23,24). The molecule has 0 radical (unpaired) electrons. The lowest BCUT2D eigenvalue weighted by Gasteiger charge is -2.11. The van der Waals surface area contributed by atoms with Crippen LogP contribution in [0.5, 0.6) is 0 Å². The molecule has 0 aromatic carbocycles. The van der Waals surface area contributed by atoms with Gasteiger partial charge in [0, 0.05) is 32.1 Å². The summed E-state index contributed by atoms with van der Waals surface area (Å²) in [4.78, 5) is 25.4. The number of halogens is 4. The average Bonchev–Trinajstić information content (AvgIpc) is 2.47.